The predicted octanol–water partition coefficient (Wildman–Crippen LogP) is 5.04. The molecule has 0 bridgehead atoms. The number of pyridine rings is 1. The lowest BCUT2D eigenvalue weighted by molar-refractivity contribution is -0.143. The highest BCUT2D eigenvalue weighted by Gasteiger charge is 2.38. The second-order valence-electron chi connectivity index (χ2n) is 7.09. The Bertz CT molecular complexity index is 1280. The molecule has 0 saturated heterocycles. The molecule has 1 amide bonds. The average Bonchev–Trinajstić information content (AvgIpc) is 2.76. The molecule has 0 radical (unpaired) electrons. The maximum atomic E-state index is 13.5. The van der Waals surface area contributed by atoms with Crippen LogP contribution in [0, 0.1) is 11.8 Å². The van der Waals surface area contributed by atoms with Gasteiger partial charge in [0, 0.05) is 11.8 Å². The van der Waals surface area contributed by atoms with E-state index < -0.39 is 41.4 Å². The summed E-state index contributed by atoms with van der Waals surface area (Å²) in [5.74, 6) is 4.54. The van der Waals surface area contributed by atoms with Crippen molar-refractivity contribution >= 4 is 11.6 Å². The van der Waals surface area contributed by atoms with E-state index in [2.05, 4.69) is 16.8 Å². The number of aromatic nitrogens is 1. The number of nitrogens with one attached hydrogen (secondary N) is 1. The Morgan fingerprint density at radius 1 is 0.882 bits per heavy atom. The molecule has 3 rings (SSSR count). The molecule has 0 aliphatic rings. The maximum Gasteiger partial charge on any atom is 0.416 e. The zero-order chi connectivity index (χ0) is 24.9. The molecule has 0 fully saturated rings. The molecule has 0 aliphatic carbocycles. The van der Waals surface area contributed by atoms with Gasteiger partial charge in [-0.1, -0.05) is 36.3 Å². The van der Waals surface area contributed by atoms with Crippen LogP contribution in [0.3, 0.4) is 0 Å². The lowest BCUT2D eigenvalue weighted by Crippen LogP contribution is -2.33. The van der Waals surface area contributed by atoms with Gasteiger partial charge in [-0.15, -0.1) is 0 Å². The Morgan fingerprint density at radius 2 is 1.59 bits per heavy atom. The van der Waals surface area contributed by atoms with Gasteiger partial charge in [0.1, 0.15) is 0 Å². The molecule has 0 unspecified atom stereocenters. The van der Waals surface area contributed by atoms with Gasteiger partial charge in [-0.2, -0.15) is 26.3 Å². The number of carbonyl (C=O) groups excluding carboxylic acids is 1. The summed E-state index contributed by atoms with van der Waals surface area (Å²) in [4.78, 5) is 27.9. The van der Waals surface area contributed by atoms with Crippen molar-refractivity contribution in [1.82, 2.24) is 4.98 Å². The third-order valence-corrected chi connectivity index (χ3v) is 4.68. The first-order valence-electron chi connectivity index (χ1n) is 9.76. The summed E-state index contributed by atoms with van der Waals surface area (Å²) in [5, 5.41) is 0. The molecule has 34 heavy (non-hydrogen) atoms. The Labute approximate surface area is 189 Å². The standard InChI is InChI=1S/C24H16F6N2O2/c25-23(26,27)17-12-11-16(20(15-17)24(28,29)30)14-22(34)32(19-8-2-1-3-9-19)13-5-7-18-6-4-10-21(33)31-18/h1-4,6,8-12,15H,13-14H2,(H,31,33). The number of H-pyrrole nitrogens is 1. The van der Waals surface area contributed by atoms with Crippen LogP contribution in [0.15, 0.2) is 71.5 Å². The van der Waals surface area contributed by atoms with E-state index in [0.29, 0.717) is 17.8 Å². The summed E-state index contributed by atoms with van der Waals surface area (Å²) < 4.78 is 79.2. The molecule has 2 aromatic carbocycles. The quantitative estimate of drug-likeness (QED) is 0.422. The Balaban J connectivity index is 1.93. The van der Waals surface area contributed by atoms with Crippen LogP contribution in [-0.4, -0.2) is 17.4 Å². The Hall–Kier alpha value is -4.00. The van der Waals surface area contributed by atoms with E-state index >= 15 is 0 Å². The molecular weight excluding hydrogens is 462 g/mol. The fraction of sp³-hybridized carbons (Fsp3) is 0.167. The number of alkyl halides is 6. The SMILES string of the molecule is O=C(Cc1ccc(C(F)(F)F)cc1C(F)(F)F)N(CC#Cc1cccc(=O)[nH]1)c1ccccc1. The predicted molar refractivity (Wildman–Crippen MR) is 113 cm³/mol. The molecule has 176 valence electrons. The van der Waals surface area contributed by atoms with Crippen LogP contribution < -0.4 is 10.5 Å². The van der Waals surface area contributed by atoms with Crippen molar-refractivity contribution in [3.63, 3.8) is 0 Å². The molecule has 1 N–H and O–H groups in total. The number of halogens is 6. The van der Waals surface area contributed by atoms with Gasteiger partial charge in [-0.05, 0) is 41.8 Å². The average molecular weight is 478 g/mol. The minimum Gasteiger partial charge on any atom is -0.315 e. The highest BCUT2D eigenvalue weighted by atomic mass is 19.4. The van der Waals surface area contributed by atoms with Gasteiger partial charge in [0.2, 0.25) is 11.5 Å². The van der Waals surface area contributed by atoms with Crippen LogP contribution in [0.1, 0.15) is 22.4 Å². The van der Waals surface area contributed by atoms with Gasteiger partial charge < -0.3 is 9.88 Å². The Morgan fingerprint density at radius 3 is 2.21 bits per heavy atom. The molecule has 0 spiro atoms. The minimum atomic E-state index is -5.09. The van der Waals surface area contributed by atoms with E-state index in [4.69, 9.17) is 0 Å². The number of rotatable bonds is 4. The van der Waals surface area contributed by atoms with Gasteiger partial charge in [-0.3, -0.25) is 9.59 Å². The van der Waals surface area contributed by atoms with Crippen LogP contribution >= 0.6 is 0 Å². The summed E-state index contributed by atoms with van der Waals surface area (Å²) in [5.41, 5.74) is -3.36. The number of anilines is 1. The first-order valence-corrected chi connectivity index (χ1v) is 9.76. The van der Waals surface area contributed by atoms with Gasteiger partial charge in [-0.25, -0.2) is 0 Å². The third kappa shape index (κ3) is 6.28. The van der Waals surface area contributed by atoms with E-state index in [9.17, 15) is 35.9 Å². The fourth-order valence-electron chi connectivity index (χ4n) is 3.10. The molecule has 0 aliphatic heterocycles. The maximum absolute atomic E-state index is 13.5. The number of para-hydroxylation sites is 1. The van der Waals surface area contributed by atoms with E-state index in [1.54, 1.807) is 30.3 Å². The topological polar surface area (TPSA) is 53.2 Å². The minimum absolute atomic E-state index is 0.00102. The van der Waals surface area contributed by atoms with Gasteiger partial charge in [0.05, 0.1) is 29.8 Å². The fourth-order valence-corrected chi connectivity index (χ4v) is 3.10. The molecular formula is C24H16F6N2O2. The summed E-state index contributed by atoms with van der Waals surface area (Å²) in [7, 11) is 0. The van der Waals surface area contributed by atoms with E-state index in [1.807, 2.05) is 0 Å². The molecule has 0 saturated carbocycles. The number of aromatic amines is 1. The van der Waals surface area contributed by atoms with Crippen molar-refractivity contribution in [1.29, 1.82) is 0 Å². The number of amides is 1. The largest absolute Gasteiger partial charge is 0.416 e. The Kier molecular flexibility index (Phi) is 7.15. The van der Waals surface area contributed by atoms with Crippen molar-refractivity contribution < 1.29 is 31.1 Å². The zero-order valence-corrected chi connectivity index (χ0v) is 17.3. The van der Waals surface area contributed by atoms with E-state index in [1.165, 1.54) is 18.2 Å². The number of hydrogen-bond acceptors (Lipinski definition) is 2. The van der Waals surface area contributed by atoms with Crippen LogP contribution in [-0.2, 0) is 23.6 Å². The highest BCUT2D eigenvalue weighted by molar-refractivity contribution is 5.95. The van der Waals surface area contributed by atoms with Crippen molar-refractivity contribution in [2.75, 3.05) is 11.4 Å². The molecule has 4 nitrogen and oxygen atoms in total. The molecule has 10 heteroatoms. The van der Waals surface area contributed by atoms with Crippen LogP contribution in [0.2, 0.25) is 0 Å². The lowest BCUT2D eigenvalue weighted by atomic mass is 10.00. The second kappa shape index (κ2) is 9.87. The number of carbonyl (C=O) groups is 1. The van der Waals surface area contributed by atoms with Gasteiger partial charge in [0.15, 0.2) is 0 Å². The van der Waals surface area contributed by atoms with Crippen LogP contribution in [0.25, 0.3) is 0 Å². The van der Waals surface area contributed by atoms with Crippen LogP contribution in [0.5, 0.6) is 0 Å². The molecule has 3 aromatic rings. The van der Waals surface area contributed by atoms with Crippen molar-refractivity contribution in [3.05, 3.63) is 99.5 Å². The van der Waals surface area contributed by atoms with E-state index in [0.717, 1.165) is 4.90 Å². The second-order valence-corrected chi connectivity index (χ2v) is 7.09. The van der Waals surface area contributed by atoms with Gasteiger partial charge >= 0.3 is 12.4 Å². The smallest absolute Gasteiger partial charge is 0.315 e. The van der Waals surface area contributed by atoms with E-state index in [-0.39, 0.29) is 23.9 Å². The van der Waals surface area contributed by atoms with Gasteiger partial charge in [0.25, 0.3) is 0 Å². The summed E-state index contributed by atoms with van der Waals surface area (Å²) in [6.45, 7) is -0.234. The first kappa shape index (κ1) is 24.6. The summed E-state index contributed by atoms with van der Waals surface area (Å²) >= 11 is 0. The molecule has 1 aromatic heterocycles. The number of benzene rings is 2. The highest BCUT2D eigenvalue weighted by Crippen LogP contribution is 2.37. The molecule has 1 heterocycles. The summed E-state index contributed by atoms with van der Waals surface area (Å²) in [6, 6.07) is 13.4. The number of hydrogen-bond donors (Lipinski definition) is 1. The summed E-state index contributed by atoms with van der Waals surface area (Å²) in [6.07, 6.45) is -10.9. The first-order chi connectivity index (χ1) is 15.9. The number of nitrogens with zero attached hydrogens (tertiary/aromatic N) is 1. The normalized spacial score (nSPS) is 11.5. The van der Waals surface area contributed by atoms with Crippen LogP contribution in [0.4, 0.5) is 32.0 Å². The third-order valence-electron chi connectivity index (χ3n) is 4.68. The van der Waals surface area contributed by atoms with Crippen molar-refractivity contribution in [3.8, 4) is 11.8 Å². The zero-order valence-electron chi connectivity index (χ0n) is 17.3. The monoisotopic (exact) mass is 478 g/mol. The van der Waals surface area contributed by atoms with Crippen molar-refractivity contribution in [2.45, 2.75) is 18.8 Å². The lowest BCUT2D eigenvalue weighted by Gasteiger charge is -2.22. The molecule has 0 atom stereocenters. The van der Waals surface area contributed by atoms with Crippen molar-refractivity contribution in [2.24, 2.45) is 0 Å².